The summed E-state index contributed by atoms with van der Waals surface area (Å²) in [7, 11) is 0. The number of hydrogen-bond acceptors (Lipinski definition) is 5. The number of unbranched alkanes of at least 4 members (excludes halogenated alkanes) is 2. The second-order valence-electron chi connectivity index (χ2n) is 5.81. The molecule has 8 heteroatoms. The topological polar surface area (TPSA) is 67.8 Å². The zero-order chi connectivity index (χ0) is 19.5. The SMILES string of the molecule is CCOC(=O)c1cc(F)cc(C)c1NC(=O)C(CC)N=CCCCC[S-].[Y]. The minimum absolute atomic E-state index is 0. The van der Waals surface area contributed by atoms with Crippen LogP contribution in [0.2, 0.25) is 0 Å². The number of esters is 1. The first-order chi connectivity index (χ1) is 12.4. The number of benzene rings is 1. The van der Waals surface area contributed by atoms with Gasteiger partial charge in [-0.25, -0.2) is 9.18 Å². The van der Waals surface area contributed by atoms with Gasteiger partial charge in [-0.05, 0) is 50.6 Å². The summed E-state index contributed by atoms with van der Waals surface area (Å²) in [6, 6.07) is 1.76. The number of anilines is 1. The molecule has 27 heavy (non-hydrogen) atoms. The maximum absolute atomic E-state index is 13.7. The molecule has 0 aliphatic heterocycles. The van der Waals surface area contributed by atoms with Crippen molar-refractivity contribution >= 4 is 36.4 Å². The number of carbonyl (C=O) groups is 2. The average Bonchev–Trinajstić information content (AvgIpc) is 2.60. The summed E-state index contributed by atoms with van der Waals surface area (Å²) < 4.78 is 18.6. The number of halogens is 1. The maximum Gasteiger partial charge on any atom is 0.340 e. The number of ether oxygens (including phenoxy) is 1. The Morgan fingerprint density at radius 1 is 1.33 bits per heavy atom. The Morgan fingerprint density at radius 2 is 2.04 bits per heavy atom. The first kappa shape index (κ1) is 26.2. The van der Waals surface area contributed by atoms with Crippen molar-refractivity contribution in [3.05, 3.63) is 29.1 Å². The van der Waals surface area contributed by atoms with Gasteiger partial charge in [-0.2, -0.15) is 5.75 Å². The summed E-state index contributed by atoms with van der Waals surface area (Å²) in [5.74, 6) is -0.861. The Kier molecular flexibility index (Phi) is 13.8. The third-order valence-electron chi connectivity index (χ3n) is 3.75. The fraction of sp³-hybridized carbons (Fsp3) is 0.526. The van der Waals surface area contributed by atoms with Crippen LogP contribution >= 0.6 is 0 Å². The standard InChI is InChI=1S/C19H27FN2O3S.Y/c1-4-16(21-9-7-6-8-10-26)18(23)22-17-13(3)11-14(20)12-15(17)19(24)25-5-2;/h9,11-12,16,26H,4-8,10H2,1-3H3,(H,22,23);/p-1. The van der Waals surface area contributed by atoms with E-state index in [1.807, 2.05) is 6.92 Å². The molecule has 1 unspecified atom stereocenters. The van der Waals surface area contributed by atoms with Crippen molar-refractivity contribution < 1.29 is 51.4 Å². The molecule has 1 amide bonds. The number of aliphatic imine (C=N–C) groups is 1. The summed E-state index contributed by atoms with van der Waals surface area (Å²) in [4.78, 5) is 28.9. The van der Waals surface area contributed by atoms with Gasteiger partial charge in [-0.3, -0.25) is 9.79 Å². The molecule has 0 aliphatic rings. The Hall–Kier alpha value is -0.786. The molecular formula is C19H26FN2O3SY-. The molecule has 0 heterocycles. The number of amides is 1. The number of hydrogen-bond donors (Lipinski definition) is 1. The zero-order valence-corrected chi connectivity index (χ0v) is 19.7. The number of rotatable bonds is 10. The predicted octanol–water partition coefficient (Wildman–Crippen LogP) is 3.81. The van der Waals surface area contributed by atoms with E-state index in [0.717, 1.165) is 25.3 Å². The van der Waals surface area contributed by atoms with Gasteiger partial charge in [0.1, 0.15) is 11.9 Å². The van der Waals surface area contributed by atoms with Crippen LogP contribution in [0.4, 0.5) is 10.1 Å². The van der Waals surface area contributed by atoms with Crippen LogP contribution in [-0.4, -0.2) is 36.5 Å². The van der Waals surface area contributed by atoms with E-state index in [-0.39, 0.29) is 56.5 Å². The van der Waals surface area contributed by atoms with Crippen LogP contribution < -0.4 is 5.32 Å². The number of carbonyl (C=O) groups excluding carboxylic acids is 2. The minimum atomic E-state index is -0.675. The number of nitrogens with one attached hydrogen (secondary N) is 1. The molecule has 1 rings (SSSR count). The maximum atomic E-state index is 13.7. The van der Waals surface area contributed by atoms with Crippen molar-refractivity contribution in [1.29, 1.82) is 0 Å². The van der Waals surface area contributed by atoms with Crippen molar-refractivity contribution in [2.24, 2.45) is 4.99 Å². The molecule has 147 valence electrons. The first-order valence-electron chi connectivity index (χ1n) is 8.82. The van der Waals surface area contributed by atoms with E-state index in [1.54, 1.807) is 20.1 Å². The van der Waals surface area contributed by atoms with Crippen LogP contribution in [0.1, 0.15) is 55.5 Å². The molecule has 0 bridgehead atoms. The summed E-state index contributed by atoms with van der Waals surface area (Å²) in [5, 5.41) is 2.71. The molecule has 1 atom stereocenters. The van der Waals surface area contributed by atoms with Gasteiger partial charge in [0.15, 0.2) is 0 Å². The molecule has 0 aliphatic carbocycles. The fourth-order valence-electron chi connectivity index (χ4n) is 2.38. The van der Waals surface area contributed by atoms with Gasteiger partial charge < -0.3 is 22.7 Å². The second kappa shape index (κ2) is 14.2. The normalized spacial score (nSPS) is 11.7. The summed E-state index contributed by atoms with van der Waals surface area (Å²) in [5.41, 5.74) is 0.710. The molecule has 1 aromatic carbocycles. The molecule has 1 aromatic rings. The molecule has 0 spiro atoms. The Balaban J connectivity index is 0.00000676. The van der Waals surface area contributed by atoms with Crippen molar-refractivity contribution in [3.63, 3.8) is 0 Å². The van der Waals surface area contributed by atoms with Crippen LogP contribution in [0.3, 0.4) is 0 Å². The largest absolute Gasteiger partial charge is 0.793 e. The molecule has 1 radical (unpaired) electrons. The third kappa shape index (κ3) is 8.84. The van der Waals surface area contributed by atoms with Crippen molar-refractivity contribution in [2.45, 2.75) is 52.5 Å². The fourth-order valence-corrected chi connectivity index (χ4v) is 2.59. The monoisotopic (exact) mass is 470 g/mol. The molecule has 5 nitrogen and oxygen atoms in total. The van der Waals surface area contributed by atoms with E-state index >= 15 is 0 Å². The van der Waals surface area contributed by atoms with E-state index in [2.05, 4.69) is 10.3 Å². The van der Waals surface area contributed by atoms with E-state index in [0.29, 0.717) is 17.7 Å². The first-order valence-corrected chi connectivity index (χ1v) is 9.40. The Bertz CT molecular complexity index is 656. The van der Waals surface area contributed by atoms with Crippen LogP contribution in [0.15, 0.2) is 17.1 Å². The molecule has 0 aromatic heterocycles. The molecule has 1 N–H and O–H groups in total. The average molecular weight is 470 g/mol. The van der Waals surface area contributed by atoms with E-state index < -0.39 is 17.8 Å². The number of nitrogens with zero attached hydrogens (tertiary/aromatic N) is 1. The van der Waals surface area contributed by atoms with Gasteiger partial charge in [0.05, 0.1) is 17.9 Å². The smallest absolute Gasteiger partial charge is 0.340 e. The molecule has 0 saturated carbocycles. The summed E-state index contributed by atoms with van der Waals surface area (Å²) >= 11 is 4.89. The van der Waals surface area contributed by atoms with Gasteiger partial charge in [0.25, 0.3) is 0 Å². The van der Waals surface area contributed by atoms with E-state index in [9.17, 15) is 14.0 Å². The molecule has 0 fully saturated rings. The van der Waals surface area contributed by atoms with Crippen molar-refractivity contribution in [3.8, 4) is 0 Å². The third-order valence-corrected chi connectivity index (χ3v) is 4.03. The number of aryl methyl sites for hydroxylation is 1. The summed E-state index contributed by atoms with van der Waals surface area (Å²) in [6.07, 6.45) is 4.90. The van der Waals surface area contributed by atoms with Crippen LogP contribution in [-0.2, 0) is 54.9 Å². The zero-order valence-electron chi connectivity index (χ0n) is 16.1. The second-order valence-corrected chi connectivity index (χ2v) is 6.22. The summed E-state index contributed by atoms with van der Waals surface area (Å²) in [6.45, 7) is 5.30. The molecule has 0 saturated heterocycles. The van der Waals surface area contributed by atoms with E-state index in [4.69, 9.17) is 17.4 Å². The Morgan fingerprint density at radius 3 is 2.63 bits per heavy atom. The van der Waals surface area contributed by atoms with Gasteiger partial charge in [-0.15, -0.1) is 0 Å². The van der Waals surface area contributed by atoms with Gasteiger partial charge >= 0.3 is 5.97 Å². The van der Waals surface area contributed by atoms with Crippen LogP contribution in [0.25, 0.3) is 0 Å². The van der Waals surface area contributed by atoms with Crippen LogP contribution in [0.5, 0.6) is 0 Å². The van der Waals surface area contributed by atoms with Crippen LogP contribution in [0, 0.1) is 12.7 Å². The van der Waals surface area contributed by atoms with Gasteiger partial charge in [-0.1, -0.05) is 19.8 Å². The Labute approximate surface area is 191 Å². The van der Waals surface area contributed by atoms with Gasteiger partial charge in [0, 0.05) is 32.7 Å². The minimum Gasteiger partial charge on any atom is -0.793 e. The van der Waals surface area contributed by atoms with Crippen molar-refractivity contribution in [1.82, 2.24) is 0 Å². The quantitative estimate of drug-likeness (QED) is 0.245. The van der Waals surface area contributed by atoms with Crippen molar-refractivity contribution in [2.75, 3.05) is 17.7 Å². The van der Waals surface area contributed by atoms with E-state index in [1.165, 1.54) is 6.07 Å². The predicted molar refractivity (Wildman–Crippen MR) is 104 cm³/mol. The molecular weight excluding hydrogens is 444 g/mol. The van der Waals surface area contributed by atoms with Gasteiger partial charge in [0.2, 0.25) is 5.91 Å².